The number of carboxylic acids is 1. The van der Waals surface area contributed by atoms with E-state index in [1.165, 1.54) is 15.9 Å². The van der Waals surface area contributed by atoms with Gasteiger partial charge in [-0.05, 0) is 62.1 Å². The highest BCUT2D eigenvalue weighted by atomic mass is 79.9. The first-order chi connectivity index (χ1) is 16.5. The first-order valence-electron chi connectivity index (χ1n) is 11.7. The third-order valence-corrected chi connectivity index (χ3v) is 10.5. The van der Waals surface area contributed by atoms with Gasteiger partial charge in [-0.1, -0.05) is 54.6 Å². The molecule has 0 aliphatic heterocycles. The first kappa shape index (κ1) is 28.7. The van der Waals surface area contributed by atoms with Gasteiger partial charge < -0.3 is 32.6 Å². The second-order valence-electron chi connectivity index (χ2n) is 8.31. The molecule has 0 aliphatic rings. The van der Waals surface area contributed by atoms with Gasteiger partial charge in [0.25, 0.3) is 0 Å². The second-order valence-corrected chi connectivity index (χ2v) is 11.9. The van der Waals surface area contributed by atoms with E-state index in [0.29, 0.717) is 6.61 Å². The third kappa shape index (κ3) is 7.99. The van der Waals surface area contributed by atoms with E-state index in [9.17, 15) is 9.59 Å². The van der Waals surface area contributed by atoms with E-state index in [4.69, 9.17) is 15.6 Å². The van der Waals surface area contributed by atoms with Crippen LogP contribution in [0.25, 0.3) is 0 Å². The van der Waals surface area contributed by atoms with Crippen molar-refractivity contribution in [3.05, 3.63) is 91.0 Å². The van der Waals surface area contributed by atoms with Gasteiger partial charge in [0.2, 0.25) is 0 Å². The Bertz CT molecular complexity index is 938. The molecule has 0 unspecified atom stereocenters. The summed E-state index contributed by atoms with van der Waals surface area (Å²) in [5.74, 6) is -1.49. The normalized spacial score (nSPS) is 11.8. The number of carboxylic acid groups (broad SMARTS) is 1. The van der Waals surface area contributed by atoms with Crippen molar-refractivity contribution < 1.29 is 36.4 Å². The van der Waals surface area contributed by atoms with E-state index in [2.05, 4.69) is 91.0 Å². The van der Waals surface area contributed by atoms with Crippen molar-refractivity contribution in [3.8, 4) is 0 Å². The Kier molecular flexibility index (Phi) is 12.1. The number of ether oxygens (including phenoxy) is 1. The Morgan fingerprint density at radius 3 is 1.66 bits per heavy atom. The number of unbranched alkanes of at least 4 members (excludes halogenated alkanes) is 2. The Morgan fingerprint density at radius 1 is 0.771 bits per heavy atom. The van der Waals surface area contributed by atoms with Gasteiger partial charge in [0.05, 0.1) is 12.8 Å². The molecule has 3 N–H and O–H groups in total. The minimum atomic E-state index is -1.84. The topological polar surface area (TPSA) is 89.6 Å². The summed E-state index contributed by atoms with van der Waals surface area (Å²) in [6.07, 6.45) is 3.64. The summed E-state index contributed by atoms with van der Waals surface area (Å²) in [5.41, 5.74) is 5.72. The Morgan fingerprint density at radius 2 is 1.23 bits per heavy atom. The van der Waals surface area contributed by atoms with Crippen LogP contribution in [0.1, 0.15) is 32.1 Å². The van der Waals surface area contributed by atoms with Crippen molar-refractivity contribution in [1.29, 1.82) is 0 Å². The van der Waals surface area contributed by atoms with Gasteiger partial charge in [0.15, 0.2) is 0 Å². The van der Waals surface area contributed by atoms with Crippen molar-refractivity contribution >= 4 is 35.1 Å². The predicted molar refractivity (Wildman–Crippen MR) is 140 cm³/mol. The lowest BCUT2D eigenvalue weighted by molar-refractivity contribution is -0.145. The van der Waals surface area contributed by atoms with E-state index in [-0.39, 0.29) is 29.8 Å². The number of carbonyl (C=O) groups is 2. The van der Waals surface area contributed by atoms with Gasteiger partial charge in [0.1, 0.15) is 29.2 Å². The van der Waals surface area contributed by atoms with Crippen LogP contribution in [-0.4, -0.2) is 35.9 Å². The number of rotatable bonds is 13. The monoisotopic (exact) mass is 557 g/mol. The molecule has 0 heterocycles. The fraction of sp³-hybridized carbons (Fsp3) is 0.286. The molecule has 0 spiro atoms. The molecule has 3 aromatic rings. The molecule has 186 valence electrons. The molecule has 3 aromatic carbocycles. The highest BCUT2D eigenvalue weighted by Gasteiger charge is 2.44. The van der Waals surface area contributed by atoms with Crippen LogP contribution in [0.2, 0.25) is 0 Å². The number of esters is 1. The van der Waals surface area contributed by atoms with Crippen LogP contribution in [0.15, 0.2) is 91.0 Å². The van der Waals surface area contributed by atoms with Crippen LogP contribution in [0.3, 0.4) is 0 Å². The Balaban J connectivity index is 0.00000432. The lowest BCUT2D eigenvalue weighted by Crippen LogP contribution is -3.00. The second kappa shape index (κ2) is 14.8. The maximum Gasteiger partial charge on any atom is 0.322 e. The van der Waals surface area contributed by atoms with Gasteiger partial charge in [-0.25, -0.2) is 0 Å². The lowest BCUT2D eigenvalue weighted by atomic mass is 10.2. The number of nitrogens with two attached hydrogens (primary N) is 1. The fourth-order valence-electron chi connectivity index (χ4n) is 4.19. The average Bonchev–Trinajstić information content (AvgIpc) is 2.88. The summed E-state index contributed by atoms with van der Waals surface area (Å²) in [5, 5.41) is 12.8. The zero-order valence-corrected chi connectivity index (χ0v) is 22.2. The number of aliphatic carboxylic acids is 1. The van der Waals surface area contributed by atoms with Crippen LogP contribution < -0.4 is 38.6 Å². The van der Waals surface area contributed by atoms with Gasteiger partial charge in [-0.3, -0.25) is 9.59 Å². The molecule has 0 bridgehead atoms. The SMILES string of the molecule is N[C@@H](CCC(=O)O)C(=O)OCCCCC[P+](c1ccccc1)(c1ccccc1)c1ccccc1.[Br-]. The van der Waals surface area contributed by atoms with E-state index in [0.717, 1.165) is 25.4 Å². The summed E-state index contributed by atoms with van der Waals surface area (Å²) in [6.45, 7) is 0.299. The first-order valence-corrected chi connectivity index (χ1v) is 13.7. The van der Waals surface area contributed by atoms with Gasteiger partial charge in [0, 0.05) is 6.42 Å². The third-order valence-electron chi connectivity index (χ3n) is 5.95. The maximum absolute atomic E-state index is 12.0. The summed E-state index contributed by atoms with van der Waals surface area (Å²) in [6, 6.07) is 31.4. The van der Waals surface area contributed by atoms with Crippen LogP contribution in [0.5, 0.6) is 0 Å². The molecule has 0 saturated heterocycles. The summed E-state index contributed by atoms with van der Waals surface area (Å²) < 4.78 is 5.27. The van der Waals surface area contributed by atoms with E-state index in [1.54, 1.807) is 0 Å². The van der Waals surface area contributed by atoms with E-state index >= 15 is 0 Å². The molecule has 0 fully saturated rings. The molecule has 0 aromatic heterocycles. The van der Waals surface area contributed by atoms with Crippen molar-refractivity contribution in [1.82, 2.24) is 0 Å². The average molecular weight is 558 g/mol. The maximum atomic E-state index is 12.0. The zero-order chi connectivity index (χ0) is 24.2. The number of carbonyl (C=O) groups excluding carboxylic acids is 1. The molecule has 0 saturated carbocycles. The number of benzene rings is 3. The Hall–Kier alpha value is -2.53. The molecule has 7 heteroatoms. The molecule has 0 radical (unpaired) electrons. The van der Waals surface area contributed by atoms with Crippen molar-refractivity contribution in [2.75, 3.05) is 12.8 Å². The standard InChI is InChI=1S/C28H32NO4P.BrH/c29-26(19-20-27(30)31)28(32)33-21-11-4-12-22-34(23-13-5-1-6-14-23,24-15-7-2-8-16-24)25-17-9-3-10-18-25;/h1-3,5-10,13-18,26H,4,11-12,19-22,29H2;1H/t26-;/m0./s1. The summed E-state index contributed by atoms with van der Waals surface area (Å²) >= 11 is 0. The minimum Gasteiger partial charge on any atom is -1.00 e. The van der Waals surface area contributed by atoms with Crippen molar-refractivity contribution in [3.63, 3.8) is 0 Å². The molecule has 5 nitrogen and oxygen atoms in total. The quantitative estimate of drug-likeness (QED) is 0.185. The van der Waals surface area contributed by atoms with Gasteiger partial charge in [-0.15, -0.1) is 0 Å². The highest BCUT2D eigenvalue weighted by Crippen LogP contribution is 2.55. The molecule has 1 atom stereocenters. The van der Waals surface area contributed by atoms with Gasteiger partial charge in [-0.2, -0.15) is 0 Å². The summed E-state index contributed by atoms with van der Waals surface area (Å²) in [4.78, 5) is 22.6. The van der Waals surface area contributed by atoms with Crippen LogP contribution in [-0.2, 0) is 14.3 Å². The number of hydrogen-bond acceptors (Lipinski definition) is 4. The number of halogens is 1. The zero-order valence-electron chi connectivity index (χ0n) is 19.8. The minimum absolute atomic E-state index is 0. The Labute approximate surface area is 218 Å². The number of hydrogen-bond donors (Lipinski definition) is 2. The van der Waals surface area contributed by atoms with Crippen LogP contribution >= 0.6 is 7.26 Å². The molecular weight excluding hydrogens is 525 g/mol. The highest BCUT2D eigenvalue weighted by molar-refractivity contribution is 7.95. The molecule has 35 heavy (non-hydrogen) atoms. The van der Waals surface area contributed by atoms with E-state index < -0.39 is 25.2 Å². The van der Waals surface area contributed by atoms with E-state index in [1.807, 2.05) is 0 Å². The molecule has 0 aliphatic carbocycles. The summed E-state index contributed by atoms with van der Waals surface area (Å²) in [7, 11) is -1.84. The van der Waals surface area contributed by atoms with Crippen molar-refractivity contribution in [2.24, 2.45) is 5.73 Å². The lowest BCUT2D eigenvalue weighted by Gasteiger charge is -2.27. The van der Waals surface area contributed by atoms with Crippen molar-refractivity contribution in [2.45, 2.75) is 38.1 Å². The van der Waals surface area contributed by atoms with Crippen LogP contribution in [0, 0.1) is 0 Å². The van der Waals surface area contributed by atoms with Gasteiger partial charge >= 0.3 is 11.9 Å². The molecule has 0 amide bonds. The van der Waals surface area contributed by atoms with Crippen LogP contribution in [0.4, 0.5) is 0 Å². The smallest absolute Gasteiger partial charge is 0.322 e. The predicted octanol–water partition coefficient (Wildman–Crippen LogP) is 0.890. The molecule has 3 rings (SSSR count). The molecular formula is C28H33BrNO4P. The fourth-order valence-corrected chi connectivity index (χ4v) is 8.60. The largest absolute Gasteiger partial charge is 1.00 e.